The van der Waals surface area contributed by atoms with E-state index in [-0.39, 0.29) is 28.8 Å². The third-order valence-electron chi connectivity index (χ3n) is 4.29. The van der Waals surface area contributed by atoms with E-state index in [2.05, 4.69) is 0 Å². The van der Waals surface area contributed by atoms with Gasteiger partial charge in [-0.3, -0.25) is 4.79 Å². The number of amides is 1. The van der Waals surface area contributed by atoms with Gasteiger partial charge < -0.3 is 18.6 Å². The zero-order valence-corrected chi connectivity index (χ0v) is 18.1. The van der Waals surface area contributed by atoms with Crippen molar-refractivity contribution in [3.05, 3.63) is 53.8 Å². The number of benzene rings is 2. The predicted molar refractivity (Wildman–Crippen MR) is 109 cm³/mol. The van der Waals surface area contributed by atoms with Crippen molar-refractivity contribution in [3.63, 3.8) is 0 Å². The predicted octanol–water partition coefficient (Wildman–Crippen LogP) is 3.38. The maximum atomic E-state index is 13.1. The number of nitrogens with zero attached hydrogens (tertiary/aromatic N) is 1. The lowest BCUT2D eigenvalue weighted by molar-refractivity contribution is -0.132. The Hall–Kier alpha value is -2.65. The summed E-state index contributed by atoms with van der Waals surface area (Å²) in [5, 5.41) is 0. The number of hydrogen-bond acceptors (Lipinski definition) is 6. The van der Waals surface area contributed by atoms with Gasteiger partial charge in [0.05, 0.1) is 13.7 Å². The Labute approximate surface area is 176 Å². The molecule has 0 saturated heterocycles. The van der Waals surface area contributed by atoms with Gasteiger partial charge in [-0.15, -0.1) is 0 Å². The molecule has 0 heterocycles. The van der Waals surface area contributed by atoms with Crippen LogP contribution in [0.25, 0.3) is 0 Å². The second-order valence-corrected chi connectivity index (χ2v) is 8.08. The number of carbonyl (C=O) groups excluding carboxylic acids is 1. The van der Waals surface area contributed by atoms with Crippen LogP contribution in [-0.4, -0.2) is 46.6 Å². The number of rotatable bonds is 11. The van der Waals surface area contributed by atoms with Crippen LogP contribution in [-0.2, 0) is 26.2 Å². The van der Waals surface area contributed by atoms with Crippen LogP contribution in [0.1, 0.15) is 25.3 Å². The van der Waals surface area contributed by atoms with Gasteiger partial charge in [-0.05, 0) is 48.4 Å². The summed E-state index contributed by atoms with van der Waals surface area (Å²) in [6.07, 6.45) is 1.12. The SMILES string of the molecule is CCCC(=O)N(CCOC)Cc1ccc(OC)c(OS(=O)(=O)c2ccc(F)cc2)c1. The first-order chi connectivity index (χ1) is 14.3. The molecule has 7 nitrogen and oxygen atoms in total. The van der Waals surface area contributed by atoms with E-state index in [0.29, 0.717) is 25.1 Å². The normalized spacial score (nSPS) is 11.2. The molecule has 30 heavy (non-hydrogen) atoms. The van der Waals surface area contributed by atoms with Gasteiger partial charge in [0.1, 0.15) is 10.7 Å². The van der Waals surface area contributed by atoms with Crippen molar-refractivity contribution >= 4 is 16.0 Å². The molecular weight excluding hydrogens is 413 g/mol. The second-order valence-electron chi connectivity index (χ2n) is 6.53. The van der Waals surface area contributed by atoms with Gasteiger partial charge in [-0.25, -0.2) is 4.39 Å². The smallest absolute Gasteiger partial charge is 0.339 e. The quantitative estimate of drug-likeness (QED) is 0.499. The summed E-state index contributed by atoms with van der Waals surface area (Å²) in [5.74, 6) is -0.380. The standard InChI is InChI=1S/C21H26FNO6S/c1-4-5-21(24)23(12-13-27-2)15-16-6-11-19(28-3)20(14-16)29-30(25,26)18-9-7-17(22)8-10-18/h6-11,14H,4-5,12-13,15H2,1-3H3. The van der Waals surface area contributed by atoms with Gasteiger partial charge in [-0.1, -0.05) is 13.0 Å². The van der Waals surface area contributed by atoms with E-state index in [1.807, 2.05) is 6.92 Å². The van der Waals surface area contributed by atoms with Crippen molar-refractivity contribution in [2.24, 2.45) is 0 Å². The van der Waals surface area contributed by atoms with Crippen LogP contribution < -0.4 is 8.92 Å². The lowest BCUT2D eigenvalue weighted by Crippen LogP contribution is -2.33. The van der Waals surface area contributed by atoms with Crippen LogP contribution in [0.5, 0.6) is 11.5 Å². The van der Waals surface area contributed by atoms with E-state index < -0.39 is 15.9 Å². The van der Waals surface area contributed by atoms with Crippen LogP contribution in [0.2, 0.25) is 0 Å². The van der Waals surface area contributed by atoms with Crippen molar-refractivity contribution in [2.45, 2.75) is 31.2 Å². The molecule has 0 atom stereocenters. The van der Waals surface area contributed by atoms with Crippen LogP contribution in [0.3, 0.4) is 0 Å². The van der Waals surface area contributed by atoms with Gasteiger partial charge in [0.15, 0.2) is 11.5 Å². The zero-order valence-electron chi connectivity index (χ0n) is 17.3. The molecule has 0 aliphatic heterocycles. The molecule has 9 heteroatoms. The molecule has 0 bridgehead atoms. The molecule has 0 unspecified atom stereocenters. The largest absolute Gasteiger partial charge is 0.493 e. The minimum Gasteiger partial charge on any atom is -0.493 e. The Morgan fingerprint density at radius 2 is 1.77 bits per heavy atom. The van der Waals surface area contributed by atoms with E-state index in [4.69, 9.17) is 13.7 Å². The Morgan fingerprint density at radius 1 is 1.07 bits per heavy atom. The molecule has 2 aromatic rings. The summed E-state index contributed by atoms with van der Waals surface area (Å²) in [6.45, 7) is 2.98. The first-order valence-electron chi connectivity index (χ1n) is 9.44. The van der Waals surface area contributed by atoms with E-state index in [9.17, 15) is 17.6 Å². The maximum Gasteiger partial charge on any atom is 0.339 e. The monoisotopic (exact) mass is 439 g/mol. The highest BCUT2D eigenvalue weighted by Gasteiger charge is 2.21. The van der Waals surface area contributed by atoms with Gasteiger partial charge in [0.2, 0.25) is 5.91 Å². The molecule has 0 radical (unpaired) electrons. The van der Waals surface area contributed by atoms with Gasteiger partial charge in [0.25, 0.3) is 0 Å². The highest BCUT2D eigenvalue weighted by molar-refractivity contribution is 7.87. The molecule has 0 aliphatic rings. The van der Waals surface area contributed by atoms with Crippen LogP contribution >= 0.6 is 0 Å². The van der Waals surface area contributed by atoms with Crippen molar-refractivity contribution in [1.82, 2.24) is 4.90 Å². The number of hydrogen-bond donors (Lipinski definition) is 0. The van der Waals surface area contributed by atoms with E-state index >= 15 is 0 Å². The molecule has 0 spiro atoms. The van der Waals surface area contributed by atoms with Gasteiger partial charge in [-0.2, -0.15) is 8.42 Å². The summed E-state index contributed by atoms with van der Waals surface area (Å²) in [5.41, 5.74) is 0.667. The highest BCUT2D eigenvalue weighted by atomic mass is 32.2. The molecule has 0 aromatic heterocycles. The number of carbonyl (C=O) groups is 1. The average Bonchev–Trinajstić information content (AvgIpc) is 2.71. The summed E-state index contributed by atoms with van der Waals surface area (Å²) in [4.78, 5) is 13.9. The maximum absolute atomic E-state index is 13.1. The van der Waals surface area contributed by atoms with Gasteiger partial charge >= 0.3 is 10.1 Å². The van der Waals surface area contributed by atoms with Crippen molar-refractivity contribution in [2.75, 3.05) is 27.4 Å². The molecule has 2 aromatic carbocycles. The topological polar surface area (TPSA) is 82.1 Å². The fourth-order valence-corrected chi connectivity index (χ4v) is 3.67. The lowest BCUT2D eigenvalue weighted by atomic mass is 10.1. The van der Waals surface area contributed by atoms with Crippen molar-refractivity contribution in [1.29, 1.82) is 0 Å². The fraction of sp³-hybridized carbons (Fsp3) is 0.381. The van der Waals surface area contributed by atoms with E-state index in [0.717, 1.165) is 30.7 Å². The first-order valence-corrected chi connectivity index (χ1v) is 10.8. The molecule has 2 rings (SSSR count). The van der Waals surface area contributed by atoms with Crippen molar-refractivity contribution in [3.8, 4) is 11.5 Å². The van der Waals surface area contributed by atoms with Crippen molar-refractivity contribution < 1.29 is 31.3 Å². The molecular formula is C21H26FNO6S. The third-order valence-corrected chi connectivity index (χ3v) is 5.53. The summed E-state index contributed by atoms with van der Waals surface area (Å²) in [6, 6.07) is 9.14. The Kier molecular flexibility index (Phi) is 8.61. The molecule has 0 N–H and O–H groups in total. The van der Waals surface area contributed by atoms with E-state index in [1.54, 1.807) is 24.1 Å². The average molecular weight is 440 g/mol. The molecule has 0 saturated carbocycles. The Bertz CT molecular complexity index is 946. The van der Waals surface area contributed by atoms with Crippen LogP contribution in [0, 0.1) is 5.82 Å². The summed E-state index contributed by atoms with van der Waals surface area (Å²) in [7, 11) is -1.25. The first kappa shape index (κ1) is 23.6. The second kappa shape index (κ2) is 10.9. The van der Waals surface area contributed by atoms with Crippen LogP contribution in [0.4, 0.5) is 4.39 Å². The number of halogens is 1. The number of methoxy groups -OCH3 is 2. The minimum absolute atomic E-state index is 0.0195. The summed E-state index contributed by atoms with van der Waals surface area (Å²) >= 11 is 0. The van der Waals surface area contributed by atoms with E-state index in [1.165, 1.54) is 13.2 Å². The minimum atomic E-state index is -4.19. The lowest BCUT2D eigenvalue weighted by Gasteiger charge is -2.23. The molecule has 1 amide bonds. The number of ether oxygens (including phenoxy) is 2. The highest BCUT2D eigenvalue weighted by Crippen LogP contribution is 2.31. The summed E-state index contributed by atoms with van der Waals surface area (Å²) < 4.78 is 53.8. The molecule has 0 fully saturated rings. The Morgan fingerprint density at radius 3 is 2.37 bits per heavy atom. The zero-order chi connectivity index (χ0) is 22.1. The fourth-order valence-electron chi connectivity index (χ4n) is 2.74. The van der Waals surface area contributed by atoms with Crippen LogP contribution in [0.15, 0.2) is 47.4 Å². The van der Waals surface area contributed by atoms with Gasteiger partial charge in [0, 0.05) is 26.6 Å². The molecule has 164 valence electrons. The Balaban J connectivity index is 2.29. The third kappa shape index (κ3) is 6.43. The molecule has 0 aliphatic carbocycles.